The second kappa shape index (κ2) is 5.86. The first kappa shape index (κ1) is 15.1. The van der Waals surface area contributed by atoms with Gasteiger partial charge in [0.2, 0.25) is 0 Å². The molecule has 25 heavy (non-hydrogen) atoms. The third kappa shape index (κ3) is 2.76. The second-order valence-corrected chi connectivity index (χ2v) is 5.73. The fraction of sp³-hybridized carbons (Fsp3) is 0.111. The molecule has 7 heteroatoms. The van der Waals surface area contributed by atoms with E-state index in [0.717, 1.165) is 16.8 Å². The second-order valence-electron chi connectivity index (χ2n) is 5.73. The summed E-state index contributed by atoms with van der Waals surface area (Å²) in [5, 5.41) is 11.2. The number of ether oxygens (including phenoxy) is 1. The zero-order valence-corrected chi connectivity index (χ0v) is 13.4. The normalized spacial score (nSPS) is 19.7. The summed E-state index contributed by atoms with van der Waals surface area (Å²) in [7, 11) is 1.57. The molecule has 4 rings (SSSR count). The minimum absolute atomic E-state index is 0.282. The van der Waals surface area contributed by atoms with Crippen LogP contribution in [0.15, 0.2) is 48.5 Å². The molecule has 2 aliphatic rings. The van der Waals surface area contributed by atoms with Gasteiger partial charge in [0.25, 0.3) is 0 Å². The van der Waals surface area contributed by atoms with Gasteiger partial charge in [-0.25, -0.2) is 9.59 Å². The molecule has 0 spiro atoms. The van der Waals surface area contributed by atoms with E-state index in [1.165, 1.54) is 0 Å². The van der Waals surface area contributed by atoms with Crippen LogP contribution in [0.5, 0.6) is 5.75 Å². The number of rotatable bonds is 2. The van der Waals surface area contributed by atoms with Gasteiger partial charge in [-0.1, -0.05) is 18.2 Å². The summed E-state index contributed by atoms with van der Waals surface area (Å²) in [6, 6.07) is 12.0. The van der Waals surface area contributed by atoms with Crippen LogP contribution in [0.4, 0.5) is 21.0 Å². The van der Waals surface area contributed by atoms with Crippen LogP contribution in [0.2, 0.25) is 0 Å². The lowest BCUT2D eigenvalue weighted by molar-refractivity contribution is 0.249. The molecule has 2 heterocycles. The molecule has 0 saturated heterocycles. The Balaban J connectivity index is 1.78. The highest BCUT2D eigenvalue weighted by Crippen LogP contribution is 2.34. The van der Waals surface area contributed by atoms with Gasteiger partial charge in [0.05, 0.1) is 24.5 Å². The van der Waals surface area contributed by atoms with Crippen molar-refractivity contribution >= 4 is 29.1 Å². The van der Waals surface area contributed by atoms with E-state index in [1.807, 2.05) is 42.5 Å². The SMILES string of the molecule is COc1ccc2c(c1)NC(=O)N/C2=C/C1NC(=O)Nc2ccccc21. The van der Waals surface area contributed by atoms with E-state index in [0.29, 0.717) is 17.1 Å². The van der Waals surface area contributed by atoms with E-state index < -0.39 is 0 Å². The zero-order chi connectivity index (χ0) is 17.4. The summed E-state index contributed by atoms with van der Waals surface area (Å²) in [5.74, 6) is 0.654. The van der Waals surface area contributed by atoms with Crippen molar-refractivity contribution in [3.05, 3.63) is 59.7 Å². The number of hydrogen-bond donors (Lipinski definition) is 4. The van der Waals surface area contributed by atoms with Crippen molar-refractivity contribution < 1.29 is 14.3 Å². The minimum atomic E-state index is -0.353. The highest BCUT2D eigenvalue weighted by Gasteiger charge is 2.25. The lowest BCUT2D eigenvalue weighted by Gasteiger charge is -2.27. The summed E-state index contributed by atoms with van der Waals surface area (Å²) >= 11 is 0. The van der Waals surface area contributed by atoms with Crippen LogP contribution < -0.4 is 26.0 Å². The number of anilines is 2. The molecule has 4 amide bonds. The first-order chi connectivity index (χ1) is 12.1. The minimum Gasteiger partial charge on any atom is -0.497 e. The molecule has 0 saturated carbocycles. The largest absolute Gasteiger partial charge is 0.497 e. The maximum Gasteiger partial charge on any atom is 0.323 e. The number of methoxy groups -OCH3 is 1. The van der Waals surface area contributed by atoms with E-state index in [9.17, 15) is 9.59 Å². The van der Waals surface area contributed by atoms with Crippen molar-refractivity contribution in [2.75, 3.05) is 17.7 Å². The van der Waals surface area contributed by atoms with Gasteiger partial charge in [-0.3, -0.25) is 0 Å². The van der Waals surface area contributed by atoms with Crippen LogP contribution in [0.25, 0.3) is 5.70 Å². The number of amides is 4. The number of nitrogens with one attached hydrogen (secondary N) is 4. The molecule has 7 nitrogen and oxygen atoms in total. The summed E-state index contributed by atoms with van der Waals surface area (Å²) in [6.07, 6.45) is 1.83. The van der Waals surface area contributed by atoms with Crippen molar-refractivity contribution in [3.63, 3.8) is 0 Å². The van der Waals surface area contributed by atoms with Crippen LogP contribution >= 0.6 is 0 Å². The van der Waals surface area contributed by atoms with Gasteiger partial charge in [-0.05, 0) is 24.3 Å². The number of carbonyl (C=O) groups excluding carboxylic acids is 2. The van der Waals surface area contributed by atoms with Crippen LogP contribution in [0, 0.1) is 0 Å². The number of carbonyl (C=O) groups is 2. The molecule has 2 aromatic rings. The van der Waals surface area contributed by atoms with Gasteiger partial charge in [-0.2, -0.15) is 0 Å². The molecule has 0 aromatic heterocycles. The molecule has 0 bridgehead atoms. The van der Waals surface area contributed by atoms with E-state index in [-0.39, 0.29) is 18.1 Å². The standard InChI is InChI=1S/C18H16N4O3/c1-25-10-6-7-12-14(8-10)20-18(24)22-16(12)9-15-11-4-2-3-5-13(11)19-17(23)21-15/h2-9,15H,1H3,(H2,19,21,23)(H2,20,22,24)/b16-9+. The first-order valence-corrected chi connectivity index (χ1v) is 7.79. The summed E-state index contributed by atoms with van der Waals surface area (Å²) in [5.41, 5.74) is 3.79. The zero-order valence-electron chi connectivity index (χ0n) is 13.4. The third-order valence-electron chi connectivity index (χ3n) is 4.18. The maximum atomic E-state index is 12.0. The van der Waals surface area contributed by atoms with E-state index in [1.54, 1.807) is 13.2 Å². The number of hydrogen-bond acceptors (Lipinski definition) is 3. The van der Waals surface area contributed by atoms with Gasteiger partial charge in [0.15, 0.2) is 0 Å². The fourth-order valence-corrected chi connectivity index (χ4v) is 3.02. The average Bonchev–Trinajstić information content (AvgIpc) is 2.60. The Labute approximate surface area is 144 Å². The van der Waals surface area contributed by atoms with Gasteiger partial charge in [0.1, 0.15) is 5.75 Å². The Morgan fingerprint density at radius 1 is 0.960 bits per heavy atom. The van der Waals surface area contributed by atoms with Gasteiger partial charge >= 0.3 is 12.1 Å². The number of urea groups is 2. The molecule has 1 unspecified atom stereocenters. The number of fused-ring (bicyclic) bond motifs is 2. The quantitative estimate of drug-likeness (QED) is 0.679. The fourth-order valence-electron chi connectivity index (χ4n) is 3.02. The van der Waals surface area contributed by atoms with E-state index in [4.69, 9.17) is 4.74 Å². The monoisotopic (exact) mass is 336 g/mol. The van der Waals surface area contributed by atoms with Gasteiger partial charge < -0.3 is 26.0 Å². The maximum absolute atomic E-state index is 12.0. The van der Waals surface area contributed by atoms with Gasteiger partial charge in [0, 0.05) is 22.9 Å². The van der Waals surface area contributed by atoms with Crippen LogP contribution in [-0.2, 0) is 0 Å². The number of benzene rings is 2. The predicted molar refractivity (Wildman–Crippen MR) is 94.5 cm³/mol. The molecule has 2 aromatic carbocycles. The van der Waals surface area contributed by atoms with Crippen molar-refractivity contribution in [1.82, 2.24) is 10.6 Å². The first-order valence-electron chi connectivity index (χ1n) is 7.79. The van der Waals surface area contributed by atoms with E-state index in [2.05, 4.69) is 21.3 Å². The summed E-state index contributed by atoms with van der Waals surface area (Å²) in [6.45, 7) is 0. The third-order valence-corrected chi connectivity index (χ3v) is 4.18. The Morgan fingerprint density at radius 2 is 1.76 bits per heavy atom. The molecular formula is C18H16N4O3. The molecular weight excluding hydrogens is 320 g/mol. The van der Waals surface area contributed by atoms with Gasteiger partial charge in [-0.15, -0.1) is 0 Å². The van der Waals surface area contributed by atoms with Crippen molar-refractivity contribution in [2.24, 2.45) is 0 Å². The lowest BCUT2D eigenvalue weighted by atomic mass is 9.98. The molecule has 2 aliphatic heterocycles. The topological polar surface area (TPSA) is 91.5 Å². The Morgan fingerprint density at radius 3 is 2.60 bits per heavy atom. The van der Waals surface area contributed by atoms with Crippen molar-refractivity contribution in [1.29, 1.82) is 0 Å². The average molecular weight is 336 g/mol. The van der Waals surface area contributed by atoms with Crippen LogP contribution in [0.3, 0.4) is 0 Å². The predicted octanol–water partition coefficient (Wildman–Crippen LogP) is 3.05. The molecule has 0 radical (unpaired) electrons. The molecule has 4 N–H and O–H groups in total. The molecule has 126 valence electrons. The molecule has 1 atom stereocenters. The van der Waals surface area contributed by atoms with Crippen LogP contribution in [-0.4, -0.2) is 19.2 Å². The molecule has 0 fully saturated rings. The molecule has 0 aliphatic carbocycles. The highest BCUT2D eigenvalue weighted by atomic mass is 16.5. The van der Waals surface area contributed by atoms with E-state index >= 15 is 0 Å². The lowest BCUT2D eigenvalue weighted by Crippen LogP contribution is -2.38. The van der Waals surface area contributed by atoms with Crippen LogP contribution in [0.1, 0.15) is 17.2 Å². The smallest absolute Gasteiger partial charge is 0.323 e. The van der Waals surface area contributed by atoms with Crippen molar-refractivity contribution in [2.45, 2.75) is 6.04 Å². The van der Waals surface area contributed by atoms with Crippen molar-refractivity contribution in [3.8, 4) is 5.75 Å². The summed E-state index contributed by atoms with van der Waals surface area (Å²) in [4.78, 5) is 23.9. The Hall–Kier alpha value is -3.48. The Kier molecular flexibility index (Phi) is 3.53. The summed E-state index contributed by atoms with van der Waals surface area (Å²) < 4.78 is 5.20. The Bertz CT molecular complexity index is 907. The highest BCUT2D eigenvalue weighted by molar-refractivity contribution is 6.03. The number of para-hydroxylation sites is 1.